The highest BCUT2D eigenvalue weighted by molar-refractivity contribution is 7.48. The highest BCUT2D eigenvalue weighted by Crippen LogP contribution is 2.53. The van der Waals surface area contributed by atoms with Crippen molar-refractivity contribution in [3.63, 3.8) is 0 Å². The van der Waals surface area contributed by atoms with E-state index in [1.807, 2.05) is 0 Å². The van der Waals surface area contributed by atoms with Gasteiger partial charge in [0, 0.05) is 26.1 Å². The Labute approximate surface area is 202 Å². The van der Waals surface area contributed by atoms with Crippen molar-refractivity contribution in [1.29, 1.82) is 0 Å². The number of Topliss-reactive ketones (excluding diaryl/α,β-unsaturated/α-hetero) is 2. The summed E-state index contributed by atoms with van der Waals surface area (Å²) in [4.78, 5) is 30.7. The molecule has 0 N–H and O–H groups in total. The van der Waals surface area contributed by atoms with Crippen molar-refractivity contribution >= 4 is 19.4 Å². The van der Waals surface area contributed by atoms with Crippen LogP contribution in [0.25, 0.3) is 0 Å². The van der Waals surface area contributed by atoms with Gasteiger partial charge in [0.25, 0.3) is 0 Å². The standard InChI is InChI=1S/C23H39N2O8P/c1-17(2)33-34(28,31-15-22(13-29-3)20(26)18-5-9-24(22)10-6-18)32-16-23(14-30-4)21(27)19-7-11-25(23)12-8-19/h17-19H,5-16H2,1-4H3. The quantitative estimate of drug-likeness (QED) is 0.368. The average Bonchev–Trinajstić information content (AvgIpc) is 2.82. The molecule has 0 aromatic carbocycles. The summed E-state index contributed by atoms with van der Waals surface area (Å²) in [5, 5.41) is 0. The van der Waals surface area contributed by atoms with E-state index >= 15 is 0 Å². The molecule has 2 atom stereocenters. The van der Waals surface area contributed by atoms with Crippen LogP contribution in [0, 0.1) is 11.8 Å². The molecule has 0 aliphatic carbocycles. The zero-order valence-electron chi connectivity index (χ0n) is 20.8. The number of ketones is 2. The lowest BCUT2D eigenvalue weighted by Crippen LogP contribution is -2.69. The van der Waals surface area contributed by atoms with Crippen LogP contribution in [0.15, 0.2) is 0 Å². The van der Waals surface area contributed by atoms with Crippen molar-refractivity contribution in [2.75, 3.05) is 66.8 Å². The summed E-state index contributed by atoms with van der Waals surface area (Å²) in [5.74, 6) is 0.0425. The van der Waals surface area contributed by atoms with Gasteiger partial charge in [0.05, 0.1) is 32.5 Å². The molecule has 194 valence electrons. The summed E-state index contributed by atoms with van der Waals surface area (Å²) in [5.41, 5.74) is -2.02. The van der Waals surface area contributed by atoms with Gasteiger partial charge in [0.2, 0.25) is 0 Å². The first-order valence-electron chi connectivity index (χ1n) is 12.3. The van der Waals surface area contributed by atoms with Gasteiger partial charge in [-0.2, -0.15) is 0 Å². The van der Waals surface area contributed by atoms with Crippen LogP contribution in [-0.2, 0) is 37.2 Å². The van der Waals surface area contributed by atoms with Crippen LogP contribution in [0.3, 0.4) is 0 Å². The third-order valence-corrected chi connectivity index (χ3v) is 9.46. The third-order valence-electron chi connectivity index (χ3n) is 7.89. The van der Waals surface area contributed by atoms with E-state index in [2.05, 4.69) is 9.80 Å². The number of nitrogens with zero attached hydrogens (tertiary/aromatic N) is 2. The van der Waals surface area contributed by atoms with Crippen molar-refractivity contribution in [1.82, 2.24) is 9.80 Å². The average molecular weight is 503 g/mol. The highest BCUT2D eigenvalue weighted by Gasteiger charge is 2.56. The Morgan fingerprint density at radius 1 is 0.794 bits per heavy atom. The SMILES string of the molecule is COCC1(COP(=O)(OCC2(COC)C(=O)C3CCN2CC3)OC(C)C)C(=O)C2CCN1CC2. The Balaban J connectivity index is 1.53. The van der Waals surface area contributed by atoms with Gasteiger partial charge in [-0.3, -0.25) is 33.0 Å². The molecule has 10 nitrogen and oxygen atoms in total. The molecule has 0 saturated carbocycles. The summed E-state index contributed by atoms with van der Waals surface area (Å²) in [7, 11) is -1.01. The largest absolute Gasteiger partial charge is 0.475 e. The van der Waals surface area contributed by atoms with Gasteiger partial charge in [-0.15, -0.1) is 0 Å². The maximum Gasteiger partial charge on any atom is 0.475 e. The topological polar surface area (TPSA) is 104 Å². The van der Waals surface area contributed by atoms with Crippen molar-refractivity contribution in [2.24, 2.45) is 11.8 Å². The molecule has 0 amide bonds. The maximum absolute atomic E-state index is 13.8. The lowest BCUT2D eigenvalue weighted by atomic mass is 9.74. The number of phosphoric ester groups is 1. The van der Waals surface area contributed by atoms with Gasteiger partial charge < -0.3 is 9.47 Å². The van der Waals surface area contributed by atoms with Gasteiger partial charge in [-0.1, -0.05) is 0 Å². The summed E-state index contributed by atoms with van der Waals surface area (Å²) >= 11 is 0. The fourth-order valence-corrected chi connectivity index (χ4v) is 7.61. The number of ether oxygens (including phenoxy) is 2. The number of carbonyl (C=O) groups is 2. The van der Waals surface area contributed by atoms with Crippen LogP contribution < -0.4 is 0 Å². The molecule has 6 rings (SSSR count). The lowest BCUT2D eigenvalue weighted by Gasteiger charge is -2.53. The molecule has 6 heterocycles. The minimum Gasteiger partial charge on any atom is -0.382 e. The van der Waals surface area contributed by atoms with Crippen LogP contribution in [0.1, 0.15) is 39.5 Å². The third kappa shape index (κ3) is 4.68. The number of hydrogen-bond acceptors (Lipinski definition) is 10. The molecule has 6 aliphatic heterocycles. The molecule has 0 radical (unpaired) electrons. The van der Waals surface area contributed by atoms with Crippen molar-refractivity contribution in [3.05, 3.63) is 0 Å². The predicted molar refractivity (Wildman–Crippen MR) is 124 cm³/mol. The molecule has 0 aromatic rings. The van der Waals surface area contributed by atoms with E-state index in [0.29, 0.717) is 0 Å². The monoisotopic (exact) mass is 502 g/mol. The molecular formula is C23H39N2O8P. The van der Waals surface area contributed by atoms with Crippen LogP contribution in [0.4, 0.5) is 0 Å². The number of phosphoric acid groups is 1. The molecule has 0 aromatic heterocycles. The Morgan fingerprint density at radius 2 is 1.18 bits per heavy atom. The normalized spacial score (nSPS) is 39.1. The number of hydrogen-bond donors (Lipinski definition) is 0. The molecule has 4 bridgehead atoms. The zero-order valence-corrected chi connectivity index (χ0v) is 21.7. The number of rotatable bonds is 12. The second-order valence-electron chi connectivity index (χ2n) is 10.3. The summed E-state index contributed by atoms with van der Waals surface area (Å²) in [6.45, 7) is 6.52. The van der Waals surface area contributed by atoms with Crippen LogP contribution in [0.5, 0.6) is 0 Å². The predicted octanol–water partition coefficient (Wildman–Crippen LogP) is 1.91. The van der Waals surface area contributed by atoms with Crippen LogP contribution >= 0.6 is 7.82 Å². The van der Waals surface area contributed by atoms with E-state index in [0.717, 1.165) is 51.9 Å². The molecule has 6 saturated heterocycles. The van der Waals surface area contributed by atoms with E-state index in [1.54, 1.807) is 28.1 Å². The fraction of sp³-hybridized carbons (Fsp3) is 0.913. The molecule has 0 spiro atoms. The minimum absolute atomic E-state index is 0.0387. The Hall–Kier alpha value is -0.710. The summed E-state index contributed by atoms with van der Waals surface area (Å²) < 4.78 is 42.1. The van der Waals surface area contributed by atoms with Crippen molar-refractivity contribution < 1.29 is 37.2 Å². The highest BCUT2D eigenvalue weighted by atomic mass is 31.2. The van der Waals surface area contributed by atoms with Crippen molar-refractivity contribution in [3.8, 4) is 0 Å². The van der Waals surface area contributed by atoms with E-state index in [-0.39, 0.29) is 49.8 Å². The lowest BCUT2D eigenvalue weighted by molar-refractivity contribution is -0.159. The minimum atomic E-state index is -4.11. The molecule has 2 unspecified atom stereocenters. The Bertz CT molecular complexity index is 751. The summed E-state index contributed by atoms with van der Waals surface area (Å²) in [6, 6.07) is 0. The van der Waals surface area contributed by atoms with E-state index in [4.69, 9.17) is 23.0 Å². The van der Waals surface area contributed by atoms with Gasteiger partial charge >= 0.3 is 7.82 Å². The van der Waals surface area contributed by atoms with E-state index < -0.39 is 25.0 Å². The number of fused-ring (bicyclic) bond motifs is 6. The van der Waals surface area contributed by atoms with Gasteiger partial charge in [-0.25, -0.2) is 4.57 Å². The molecular weight excluding hydrogens is 463 g/mol. The van der Waals surface area contributed by atoms with E-state index in [1.165, 1.54) is 0 Å². The van der Waals surface area contributed by atoms with Gasteiger partial charge in [-0.05, 0) is 65.7 Å². The number of piperidine rings is 6. The second-order valence-corrected chi connectivity index (χ2v) is 12.0. The maximum atomic E-state index is 13.8. The zero-order chi connectivity index (χ0) is 24.6. The first-order chi connectivity index (χ1) is 16.2. The first-order valence-corrected chi connectivity index (χ1v) is 13.8. The number of carbonyl (C=O) groups excluding carboxylic acids is 2. The Morgan fingerprint density at radius 3 is 1.47 bits per heavy atom. The fourth-order valence-electron chi connectivity index (χ4n) is 6.15. The van der Waals surface area contributed by atoms with Crippen LogP contribution in [-0.4, -0.2) is 105 Å². The van der Waals surface area contributed by atoms with Gasteiger partial charge in [0.1, 0.15) is 11.1 Å². The molecule has 11 heteroatoms. The molecule has 34 heavy (non-hydrogen) atoms. The molecule has 6 fully saturated rings. The molecule has 6 aliphatic rings. The summed E-state index contributed by atoms with van der Waals surface area (Å²) in [6.07, 6.45) is 2.83. The van der Waals surface area contributed by atoms with Crippen molar-refractivity contribution in [2.45, 2.75) is 56.7 Å². The first kappa shape index (κ1) is 26.4. The second kappa shape index (κ2) is 10.3. The number of methoxy groups -OCH3 is 2. The smallest absolute Gasteiger partial charge is 0.382 e. The van der Waals surface area contributed by atoms with Crippen LogP contribution in [0.2, 0.25) is 0 Å². The Kier molecular flexibility index (Phi) is 8.02. The van der Waals surface area contributed by atoms with E-state index in [9.17, 15) is 14.2 Å². The van der Waals surface area contributed by atoms with Gasteiger partial charge in [0.15, 0.2) is 11.6 Å².